The zero-order valence-electron chi connectivity index (χ0n) is 10.2. The normalized spacial score (nSPS) is 19.2. The average Bonchev–Trinajstić information content (AvgIpc) is 2.85. The summed E-state index contributed by atoms with van der Waals surface area (Å²) in [4.78, 5) is 12.8. The lowest BCUT2D eigenvalue weighted by Crippen LogP contribution is -2.22. The van der Waals surface area contributed by atoms with Crippen LogP contribution in [0.1, 0.15) is 24.4 Å². The Morgan fingerprint density at radius 3 is 2.47 bits per heavy atom. The van der Waals surface area contributed by atoms with E-state index in [1.54, 1.807) is 19.1 Å². The van der Waals surface area contributed by atoms with E-state index in [-0.39, 0.29) is 6.04 Å². The third-order valence-electron chi connectivity index (χ3n) is 3.23. The molecule has 0 radical (unpaired) electrons. The summed E-state index contributed by atoms with van der Waals surface area (Å²) < 4.78 is 10.7. The molecule has 17 heavy (non-hydrogen) atoms. The lowest BCUT2D eigenvalue weighted by molar-refractivity contribution is -0.118. The van der Waals surface area contributed by atoms with Gasteiger partial charge >= 0.3 is 0 Å². The molecule has 1 amide bonds. The van der Waals surface area contributed by atoms with Gasteiger partial charge in [0.15, 0.2) is 0 Å². The molecule has 4 heteroatoms. The molecule has 0 aromatic heterocycles. The maximum absolute atomic E-state index is 11.0. The smallest absolute Gasteiger partial charge is 0.210 e. The fourth-order valence-electron chi connectivity index (χ4n) is 2.43. The van der Waals surface area contributed by atoms with Crippen LogP contribution in [0.2, 0.25) is 0 Å². The van der Waals surface area contributed by atoms with Gasteiger partial charge in [0.05, 0.1) is 25.8 Å². The molecule has 1 saturated heterocycles. The Hall–Kier alpha value is -1.71. The van der Waals surface area contributed by atoms with E-state index in [1.165, 1.54) is 0 Å². The first-order valence-electron chi connectivity index (χ1n) is 5.73. The van der Waals surface area contributed by atoms with Crippen LogP contribution in [0.3, 0.4) is 0 Å². The van der Waals surface area contributed by atoms with Crippen molar-refractivity contribution in [2.75, 3.05) is 20.8 Å². The van der Waals surface area contributed by atoms with Gasteiger partial charge in [-0.05, 0) is 25.0 Å². The highest BCUT2D eigenvalue weighted by Crippen LogP contribution is 2.41. The van der Waals surface area contributed by atoms with E-state index in [2.05, 4.69) is 0 Å². The summed E-state index contributed by atoms with van der Waals surface area (Å²) >= 11 is 0. The largest absolute Gasteiger partial charge is 0.496 e. The number of hydrogen-bond donors (Lipinski definition) is 0. The Balaban J connectivity index is 2.44. The minimum Gasteiger partial charge on any atom is -0.496 e. The molecule has 4 nitrogen and oxygen atoms in total. The minimum atomic E-state index is 0.0681. The van der Waals surface area contributed by atoms with Gasteiger partial charge in [0.1, 0.15) is 11.5 Å². The average molecular weight is 235 g/mol. The van der Waals surface area contributed by atoms with Crippen molar-refractivity contribution < 1.29 is 14.3 Å². The van der Waals surface area contributed by atoms with Crippen LogP contribution in [0, 0.1) is 0 Å². The Labute approximate surface area is 101 Å². The lowest BCUT2D eigenvalue weighted by Gasteiger charge is -2.24. The summed E-state index contributed by atoms with van der Waals surface area (Å²) in [5.41, 5.74) is 0.974. The van der Waals surface area contributed by atoms with Gasteiger partial charge in [-0.3, -0.25) is 4.79 Å². The summed E-state index contributed by atoms with van der Waals surface area (Å²) in [5.74, 6) is 1.56. The van der Waals surface area contributed by atoms with E-state index in [4.69, 9.17) is 9.47 Å². The summed E-state index contributed by atoms with van der Waals surface area (Å²) in [6, 6.07) is 5.76. The molecule has 1 heterocycles. The zero-order valence-corrected chi connectivity index (χ0v) is 10.2. The first-order chi connectivity index (χ1) is 8.31. The van der Waals surface area contributed by atoms with Crippen LogP contribution in [0.5, 0.6) is 11.5 Å². The van der Waals surface area contributed by atoms with E-state index < -0.39 is 0 Å². The van der Waals surface area contributed by atoms with Crippen LogP contribution in [0.25, 0.3) is 0 Å². The standard InChI is InChI=1S/C13H17NO3/c1-16-11-6-3-7-12(17-2)13(11)10-5-4-8-14(10)9-15/h3,6-7,9-10H,4-5,8H2,1-2H3. The Morgan fingerprint density at radius 2 is 1.94 bits per heavy atom. The zero-order chi connectivity index (χ0) is 12.3. The van der Waals surface area contributed by atoms with Gasteiger partial charge in [0.25, 0.3) is 0 Å². The van der Waals surface area contributed by atoms with Crippen molar-refractivity contribution in [2.45, 2.75) is 18.9 Å². The fraction of sp³-hybridized carbons (Fsp3) is 0.462. The van der Waals surface area contributed by atoms with Gasteiger partial charge in [-0.1, -0.05) is 6.07 Å². The number of likely N-dealkylation sites (tertiary alicyclic amines) is 1. The first kappa shape index (κ1) is 11.8. The van der Waals surface area contributed by atoms with Gasteiger partial charge in [-0.25, -0.2) is 0 Å². The minimum absolute atomic E-state index is 0.0681. The number of nitrogens with zero attached hydrogens (tertiary/aromatic N) is 1. The summed E-state index contributed by atoms with van der Waals surface area (Å²) in [7, 11) is 3.27. The van der Waals surface area contributed by atoms with E-state index in [9.17, 15) is 4.79 Å². The molecular formula is C13H17NO3. The van der Waals surface area contributed by atoms with Crippen molar-refractivity contribution in [3.8, 4) is 11.5 Å². The van der Waals surface area contributed by atoms with Crippen LogP contribution in [0.4, 0.5) is 0 Å². The van der Waals surface area contributed by atoms with Crippen LogP contribution < -0.4 is 9.47 Å². The number of amides is 1. The number of ether oxygens (including phenoxy) is 2. The third kappa shape index (κ3) is 2.07. The fourth-order valence-corrected chi connectivity index (χ4v) is 2.43. The van der Waals surface area contributed by atoms with Crippen molar-refractivity contribution in [3.63, 3.8) is 0 Å². The Morgan fingerprint density at radius 1 is 1.29 bits per heavy atom. The molecule has 0 saturated carbocycles. The van der Waals surface area contributed by atoms with Crippen molar-refractivity contribution in [3.05, 3.63) is 23.8 Å². The summed E-state index contributed by atoms with van der Waals surface area (Å²) in [5, 5.41) is 0. The van der Waals surface area contributed by atoms with Crippen molar-refractivity contribution >= 4 is 6.41 Å². The van der Waals surface area contributed by atoms with Crippen LogP contribution in [-0.2, 0) is 4.79 Å². The van der Waals surface area contributed by atoms with Gasteiger partial charge in [0.2, 0.25) is 6.41 Å². The molecule has 0 N–H and O–H groups in total. The van der Waals surface area contributed by atoms with Gasteiger partial charge in [0, 0.05) is 6.54 Å². The van der Waals surface area contributed by atoms with Crippen LogP contribution in [-0.4, -0.2) is 32.1 Å². The Bertz CT molecular complexity index is 383. The van der Waals surface area contributed by atoms with E-state index in [1.807, 2.05) is 18.2 Å². The predicted octanol–water partition coefficient (Wildman–Crippen LogP) is 2.00. The Kier molecular flexibility index (Phi) is 3.52. The molecule has 92 valence electrons. The molecule has 0 bridgehead atoms. The molecule has 1 fully saturated rings. The number of benzene rings is 1. The van der Waals surface area contributed by atoms with E-state index in [0.29, 0.717) is 0 Å². The maximum Gasteiger partial charge on any atom is 0.210 e. The van der Waals surface area contributed by atoms with E-state index in [0.717, 1.165) is 42.9 Å². The van der Waals surface area contributed by atoms with Crippen LogP contribution in [0.15, 0.2) is 18.2 Å². The molecule has 1 unspecified atom stereocenters. The van der Waals surface area contributed by atoms with Crippen LogP contribution >= 0.6 is 0 Å². The molecule has 1 aliphatic rings. The van der Waals surface area contributed by atoms with Crippen molar-refractivity contribution in [2.24, 2.45) is 0 Å². The molecule has 1 aromatic carbocycles. The second-order valence-corrected chi connectivity index (χ2v) is 4.08. The van der Waals surface area contributed by atoms with E-state index >= 15 is 0 Å². The molecule has 0 aliphatic carbocycles. The molecular weight excluding hydrogens is 218 g/mol. The van der Waals surface area contributed by atoms with Crippen molar-refractivity contribution in [1.29, 1.82) is 0 Å². The van der Waals surface area contributed by atoms with Gasteiger partial charge in [-0.15, -0.1) is 0 Å². The van der Waals surface area contributed by atoms with Gasteiger partial charge < -0.3 is 14.4 Å². The van der Waals surface area contributed by atoms with Crippen molar-refractivity contribution in [1.82, 2.24) is 4.90 Å². The SMILES string of the molecule is COc1cccc(OC)c1C1CCCN1C=O. The predicted molar refractivity (Wildman–Crippen MR) is 64.3 cm³/mol. The quantitative estimate of drug-likeness (QED) is 0.749. The monoisotopic (exact) mass is 235 g/mol. The molecule has 0 spiro atoms. The lowest BCUT2D eigenvalue weighted by atomic mass is 10.0. The second-order valence-electron chi connectivity index (χ2n) is 4.08. The summed E-state index contributed by atoms with van der Waals surface area (Å²) in [6.45, 7) is 0.801. The highest BCUT2D eigenvalue weighted by Gasteiger charge is 2.29. The number of methoxy groups -OCH3 is 2. The molecule has 1 aromatic rings. The summed E-state index contributed by atoms with van der Waals surface area (Å²) in [6.07, 6.45) is 2.88. The molecule has 1 aliphatic heterocycles. The van der Waals surface area contributed by atoms with Gasteiger partial charge in [-0.2, -0.15) is 0 Å². The topological polar surface area (TPSA) is 38.8 Å². The number of carbonyl (C=O) groups is 1. The number of rotatable bonds is 4. The molecule has 1 atom stereocenters. The second kappa shape index (κ2) is 5.08. The third-order valence-corrected chi connectivity index (χ3v) is 3.23. The number of carbonyl (C=O) groups excluding carboxylic acids is 1. The first-order valence-corrected chi connectivity index (χ1v) is 5.73. The molecule has 2 rings (SSSR count). The number of hydrogen-bond acceptors (Lipinski definition) is 3. The maximum atomic E-state index is 11.0. The highest BCUT2D eigenvalue weighted by atomic mass is 16.5. The highest BCUT2D eigenvalue weighted by molar-refractivity contribution is 5.54.